The molecule has 1 fully saturated rings. The van der Waals surface area contributed by atoms with Gasteiger partial charge in [-0.05, 0) is 36.6 Å². The lowest BCUT2D eigenvalue weighted by Gasteiger charge is -2.24. The predicted molar refractivity (Wildman–Crippen MR) is 80.0 cm³/mol. The number of carbonyl (C=O) groups excluding carboxylic acids is 1. The average molecular weight is 293 g/mol. The number of rotatable bonds is 5. The molecule has 2 N–H and O–H groups in total. The average Bonchev–Trinajstić information content (AvgIpc) is 2.88. The van der Waals surface area contributed by atoms with Gasteiger partial charge in [-0.1, -0.05) is 24.3 Å². The number of hydrogen-bond acceptors (Lipinski definition) is 3. The fourth-order valence-electron chi connectivity index (χ4n) is 2.35. The number of amides is 1. The molecule has 0 aromatic heterocycles. The fraction of sp³-hybridized carbons (Fsp3) is 0.467. The molecule has 0 aliphatic carbocycles. The number of aliphatic carboxylic acids is 1. The maximum Gasteiger partial charge on any atom is 0.330 e. The summed E-state index contributed by atoms with van der Waals surface area (Å²) in [5, 5.41) is 12.0. The third-order valence-corrected chi connectivity index (χ3v) is 4.88. The van der Waals surface area contributed by atoms with Crippen molar-refractivity contribution in [1.82, 2.24) is 5.32 Å². The second-order valence-electron chi connectivity index (χ2n) is 5.16. The zero-order valence-corrected chi connectivity index (χ0v) is 12.3. The van der Waals surface area contributed by atoms with E-state index in [1.165, 1.54) is 0 Å². The molecule has 0 saturated carbocycles. The number of aryl methyl sites for hydroxylation is 2. The van der Waals surface area contributed by atoms with Crippen LogP contribution in [0.2, 0.25) is 0 Å². The maximum atomic E-state index is 12.0. The number of carbonyl (C=O) groups is 2. The van der Waals surface area contributed by atoms with Gasteiger partial charge < -0.3 is 10.4 Å². The predicted octanol–water partition coefficient (Wildman–Crippen LogP) is 2.00. The summed E-state index contributed by atoms with van der Waals surface area (Å²) < 4.78 is 0. The quantitative estimate of drug-likeness (QED) is 0.871. The molecule has 1 atom stereocenters. The molecule has 4 nitrogen and oxygen atoms in total. The van der Waals surface area contributed by atoms with Gasteiger partial charge in [0.15, 0.2) is 0 Å². The fourth-order valence-corrected chi connectivity index (χ4v) is 3.68. The van der Waals surface area contributed by atoms with Crippen molar-refractivity contribution in [2.75, 3.05) is 11.5 Å². The molecule has 0 spiro atoms. The number of hydrogen-bond donors (Lipinski definition) is 2. The Morgan fingerprint density at radius 2 is 2.15 bits per heavy atom. The number of thioether (sulfide) groups is 1. The molecule has 1 aromatic carbocycles. The Morgan fingerprint density at radius 3 is 2.75 bits per heavy atom. The molecule has 1 aliphatic rings. The standard InChI is InChI=1S/C15H19NO3S/c1-11-4-2-3-5-12(11)6-7-13(17)16-15(14(18)19)8-9-20-10-15/h2-5H,6-10H2,1H3,(H,16,17)(H,18,19)/t15-/m1/s1. The molecule has 0 radical (unpaired) electrons. The van der Waals surface area contributed by atoms with Crippen molar-refractivity contribution in [3.8, 4) is 0 Å². The molecule has 1 aromatic rings. The minimum absolute atomic E-state index is 0.182. The smallest absolute Gasteiger partial charge is 0.330 e. The van der Waals surface area contributed by atoms with E-state index < -0.39 is 11.5 Å². The Morgan fingerprint density at radius 1 is 1.40 bits per heavy atom. The molecule has 5 heteroatoms. The van der Waals surface area contributed by atoms with E-state index in [9.17, 15) is 14.7 Å². The van der Waals surface area contributed by atoms with Crippen LogP contribution in [0.5, 0.6) is 0 Å². The minimum Gasteiger partial charge on any atom is -0.479 e. The van der Waals surface area contributed by atoms with Crippen molar-refractivity contribution < 1.29 is 14.7 Å². The number of carboxylic acids is 1. The highest BCUT2D eigenvalue weighted by Crippen LogP contribution is 2.28. The van der Waals surface area contributed by atoms with E-state index in [2.05, 4.69) is 5.32 Å². The molecule has 1 aliphatic heterocycles. The zero-order valence-electron chi connectivity index (χ0n) is 11.5. The van der Waals surface area contributed by atoms with Crippen molar-refractivity contribution in [2.24, 2.45) is 0 Å². The van der Waals surface area contributed by atoms with Crippen LogP contribution in [0, 0.1) is 6.92 Å². The van der Waals surface area contributed by atoms with E-state index in [-0.39, 0.29) is 5.91 Å². The van der Waals surface area contributed by atoms with Crippen LogP contribution in [0.3, 0.4) is 0 Å². The Balaban J connectivity index is 1.92. The Kier molecular flexibility index (Phi) is 4.70. The summed E-state index contributed by atoms with van der Waals surface area (Å²) in [6.45, 7) is 2.01. The summed E-state index contributed by atoms with van der Waals surface area (Å²) in [6.07, 6.45) is 1.47. The van der Waals surface area contributed by atoms with Crippen LogP contribution in [0.15, 0.2) is 24.3 Å². The lowest BCUT2D eigenvalue weighted by atomic mass is 9.98. The van der Waals surface area contributed by atoms with Crippen LogP contribution < -0.4 is 5.32 Å². The van der Waals surface area contributed by atoms with Gasteiger partial charge in [-0.15, -0.1) is 0 Å². The molecular weight excluding hydrogens is 274 g/mol. The van der Waals surface area contributed by atoms with E-state index >= 15 is 0 Å². The van der Waals surface area contributed by atoms with Gasteiger partial charge in [0.2, 0.25) is 5.91 Å². The summed E-state index contributed by atoms with van der Waals surface area (Å²) in [7, 11) is 0. The molecule has 0 unspecified atom stereocenters. The van der Waals surface area contributed by atoms with Crippen LogP contribution in [-0.2, 0) is 16.0 Å². The van der Waals surface area contributed by atoms with E-state index in [1.807, 2.05) is 31.2 Å². The van der Waals surface area contributed by atoms with Crippen molar-refractivity contribution in [3.63, 3.8) is 0 Å². The first-order chi connectivity index (χ1) is 9.53. The first kappa shape index (κ1) is 14.9. The summed E-state index contributed by atoms with van der Waals surface area (Å²) in [5.41, 5.74) is 1.23. The van der Waals surface area contributed by atoms with Crippen LogP contribution in [-0.4, -0.2) is 34.0 Å². The monoisotopic (exact) mass is 293 g/mol. The van der Waals surface area contributed by atoms with Gasteiger partial charge in [-0.2, -0.15) is 11.8 Å². The second-order valence-corrected chi connectivity index (χ2v) is 6.27. The second kappa shape index (κ2) is 6.31. The molecular formula is C15H19NO3S. The number of nitrogens with one attached hydrogen (secondary N) is 1. The van der Waals surface area contributed by atoms with Crippen molar-refractivity contribution >= 4 is 23.6 Å². The van der Waals surface area contributed by atoms with Crippen molar-refractivity contribution in [3.05, 3.63) is 35.4 Å². The SMILES string of the molecule is Cc1ccccc1CCC(=O)N[C@]1(C(=O)O)CCSC1. The molecule has 108 valence electrons. The first-order valence-corrected chi connectivity index (χ1v) is 7.86. The molecule has 1 heterocycles. The van der Waals surface area contributed by atoms with Gasteiger partial charge in [0, 0.05) is 12.2 Å². The van der Waals surface area contributed by atoms with Gasteiger partial charge in [0.25, 0.3) is 0 Å². The minimum atomic E-state index is -1.06. The molecule has 20 heavy (non-hydrogen) atoms. The third kappa shape index (κ3) is 3.33. The highest BCUT2D eigenvalue weighted by atomic mass is 32.2. The van der Waals surface area contributed by atoms with E-state index in [4.69, 9.17) is 0 Å². The van der Waals surface area contributed by atoms with Crippen LogP contribution >= 0.6 is 11.8 Å². The van der Waals surface area contributed by atoms with Crippen molar-refractivity contribution in [2.45, 2.75) is 31.7 Å². The summed E-state index contributed by atoms with van der Waals surface area (Å²) >= 11 is 1.57. The Hall–Kier alpha value is -1.49. The van der Waals surface area contributed by atoms with Gasteiger partial charge >= 0.3 is 5.97 Å². The normalized spacial score (nSPS) is 21.6. The molecule has 2 rings (SSSR count). The lowest BCUT2D eigenvalue weighted by Crippen LogP contribution is -2.54. The Labute approximate surface area is 123 Å². The van der Waals surface area contributed by atoms with Gasteiger partial charge in [0.1, 0.15) is 5.54 Å². The largest absolute Gasteiger partial charge is 0.479 e. The van der Waals surface area contributed by atoms with Gasteiger partial charge in [0.05, 0.1) is 0 Å². The summed E-state index contributed by atoms with van der Waals surface area (Å²) in [5.74, 6) is 0.132. The molecule has 0 bridgehead atoms. The number of carboxylic acid groups (broad SMARTS) is 1. The summed E-state index contributed by atoms with van der Waals surface area (Å²) in [6, 6.07) is 7.93. The molecule has 1 amide bonds. The van der Waals surface area contributed by atoms with Crippen LogP contribution in [0.25, 0.3) is 0 Å². The first-order valence-electron chi connectivity index (χ1n) is 6.70. The van der Waals surface area contributed by atoms with Gasteiger partial charge in [-0.3, -0.25) is 4.79 Å². The van der Waals surface area contributed by atoms with Gasteiger partial charge in [-0.25, -0.2) is 4.79 Å². The lowest BCUT2D eigenvalue weighted by molar-refractivity contribution is -0.146. The topological polar surface area (TPSA) is 66.4 Å². The Bertz CT molecular complexity index is 510. The van der Waals surface area contributed by atoms with Crippen molar-refractivity contribution in [1.29, 1.82) is 0 Å². The third-order valence-electron chi connectivity index (χ3n) is 3.69. The van der Waals surface area contributed by atoms with Crippen LogP contribution in [0.4, 0.5) is 0 Å². The van der Waals surface area contributed by atoms with E-state index in [1.54, 1.807) is 11.8 Å². The van der Waals surface area contributed by atoms with E-state index in [0.717, 1.165) is 16.9 Å². The zero-order chi connectivity index (χ0) is 14.6. The van der Waals surface area contributed by atoms with E-state index in [0.29, 0.717) is 25.0 Å². The maximum absolute atomic E-state index is 12.0. The summed E-state index contributed by atoms with van der Waals surface area (Å²) in [4.78, 5) is 23.4. The highest BCUT2D eigenvalue weighted by molar-refractivity contribution is 7.99. The number of benzene rings is 1. The highest BCUT2D eigenvalue weighted by Gasteiger charge is 2.43. The van der Waals surface area contributed by atoms with Crippen LogP contribution in [0.1, 0.15) is 24.0 Å². The molecule has 1 saturated heterocycles.